The van der Waals surface area contributed by atoms with Crippen LogP contribution in [-0.2, 0) is 4.74 Å². The van der Waals surface area contributed by atoms with Gasteiger partial charge in [0.15, 0.2) is 5.34 Å². The Morgan fingerprint density at radius 3 is 2.43 bits per heavy atom. The molecule has 1 amide bonds. The molecular formula is C32H38N8O4. The molecule has 1 unspecified atom stereocenters. The Bertz CT molecular complexity index is 1480. The van der Waals surface area contributed by atoms with E-state index < -0.39 is 0 Å². The maximum Gasteiger partial charge on any atom is 0.253 e. The van der Waals surface area contributed by atoms with Crippen LogP contribution in [0.3, 0.4) is 0 Å². The molecule has 2 aliphatic rings. The predicted octanol–water partition coefficient (Wildman–Crippen LogP) is 5.57. The quantitative estimate of drug-likeness (QED) is 0.197. The van der Waals surface area contributed by atoms with Crippen LogP contribution in [0.4, 0.5) is 17.3 Å². The van der Waals surface area contributed by atoms with Gasteiger partial charge in [-0.25, -0.2) is 9.97 Å². The molecule has 2 N–H and O–H groups in total. The van der Waals surface area contributed by atoms with E-state index >= 15 is 0 Å². The molecule has 2 aromatic carbocycles. The van der Waals surface area contributed by atoms with Crippen molar-refractivity contribution in [3.05, 3.63) is 89.7 Å². The molecule has 0 saturated carbocycles. The minimum atomic E-state index is 0.125. The van der Waals surface area contributed by atoms with Crippen LogP contribution in [0.2, 0.25) is 0 Å². The van der Waals surface area contributed by atoms with Crippen LogP contribution >= 0.6 is 0 Å². The number of amides is 1. The van der Waals surface area contributed by atoms with Crippen molar-refractivity contribution in [3.8, 4) is 11.3 Å². The van der Waals surface area contributed by atoms with E-state index in [1.54, 1.807) is 6.20 Å². The maximum absolute atomic E-state index is 12.9. The van der Waals surface area contributed by atoms with E-state index in [0.29, 0.717) is 11.9 Å². The van der Waals surface area contributed by atoms with Crippen molar-refractivity contribution in [2.24, 2.45) is 11.3 Å². The molecule has 1 atom stereocenters. The van der Waals surface area contributed by atoms with Crippen molar-refractivity contribution in [2.75, 3.05) is 49.6 Å². The van der Waals surface area contributed by atoms with Gasteiger partial charge < -0.3 is 25.1 Å². The number of piperidine rings is 1. The number of nitrogens with zero attached hydrogens (tertiary/aromatic N) is 7. The Balaban J connectivity index is 0.00000123. The third-order valence-electron chi connectivity index (χ3n) is 8.20. The van der Waals surface area contributed by atoms with E-state index in [1.165, 1.54) is 11.0 Å². The van der Waals surface area contributed by atoms with Crippen molar-refractivity contribution >= 4 is 23.2 Å². The highest BCUT2D eigenvalue weighted by Crippen LogP contribution is 2.32. The first-order chi connectivity index (χ1) is 21.6. The summed E-state index contributed by atoms with van der Waals surface area (Å²) in [5, 5.41) is 16.0. The van der Waals surface area contributed by atoms with Crippen molar-refractivity contribution in [2.45, 2.75) is 32.2 Å². The minimum Gasteiger partial charge on any atom is -0.379 e. The largest absolute Gasteiger partial charge is 0.379 e. The molecule has 12 heteroatoms. The van der Waals surface area contributed by atoms with Gasteiger partial charge in [0.25, 0.3) is 5.91 Å². The average Bonchev–Trinajstić information content (AvgIpc) is 3.57. The maximum atomic E-state index is 12.9. The number of carbonyl (C=O) groups is 1. The summed E-state index contributed by atoms with van der Waals surface area (Å²) >= 11 is 0. The molecule has 2 fully saturated rings. The fourth-order valence-electron chi connectivity index (χ4n) is 5.92. The number of hydrogen-bond donors (Lipinski definition) is 2. The molecule has 0 aliphatic carbocycles. The highest BCUT2D eigenvalue weighted by molar-refractivity contribution is 5.94. The van der Waals surface area contributed by atoms with Crippen molar-refractivity contribution in [3.63, 3.8) is 0 Å². The van der Waals surface area contributed by atoms with E-state index in [0.717, 1.165) is 81.2 Å². The molecule has 4 aromatic rings. The number of morpholine rings is 1. The molecule has 0 bridgehead atoms. The van der Waals surface area contributed by atoms with Gasteiger partial charge >= 0.3 is 0 Å². The van der Waals surface area contributed by atoms with Crippen LogP contribution in [0.5, 0.6) is 0 Å². The summed E-state index contributed by atoms with van der Waals surface area (Å²) in [4.78, 5) is 34.5. The summed E-state index contributed by atoms with van der Waals surface area (Å²) in [7, 11) is 0. The smallest absolute Gasteiger partial charge is 0.253 e. The van der Waals surface area contributed by atoms with Gasteiger partial charge in [-0.1, -0.05) is 25.1 Å². The molecule has 230 valence electrons. The van der Waals surface area contributed by atoms with E-state index in [-0.39, 0.29) is 11.9 Å². The lowest BCUT2D eigenvalue weighted by molar-refractivity contribution is 0.0655. The van der Waals surface area contributed by atoms with Crippen LogP contribution in [0.1, 0.15) is 42.6 Å². The lowest BCUT2D eigenvalue weighted by Crippen LogP contribution is -2.40. The highest BCUT2D eigenvalue weighted by atomic mass is 16.6. The molecule has 0 spiro atoms. The SMILES string of the molecule is CCC(C1CCN(C(=O)c2ccccc2)CC1)n1cc(-c2ccnc(Nc3ccc(N4CCOCC4)cc3)n2)cn1.O=NO. The Morgan fingerprint density at radius 1 is 1.05 bits per heavy atom. The molecule has 12 nitrogen and oxygen atoms in total. The first kappa shape index (κ1) is 30.6. The number of carbonyl (C=O) groups excluding carboxylic acids is 1. The number of anilines is 3. The molecule has 2 aliphatic heterocycles. The normalized spacial score (nSPS) is 16.0. The number of benzene rings is 2. The van der Waals surface area contributed by atoms with E-state index in [4.69, 9.17) is 24.9 Å². The zero-order chi connectivity index (χ0) is 30.7. The molecule has 6 rings (SSSR count). The summed E-state index contributed by atoms with van der Waals surface area (Å²) in [6, 6.07) is 20.1. The summed E-state index contributed by atoms with van der Waals surface area (Å²) in [5.74, 6) is 1.15. The number of aromatic nitrogens is 4. The number of hydrogen-bond acceptors (Lipinski definition) is 9. The Labute approximate surface area is 256 Å². The minimum absolute atomic E-state index is 0.125. The summed E-state index contributed by atoms with van der Waals surface area (Å²) < 4.78 is 7.55. The first-order valence-electron chi connectivity index (χ1n) is 15.0. The van der Waals surface area contributed by atoms with Crippen LogP contribution in [0.25, 0.3) is 11.3 Å². The number of likely N-dealkylation sites (tertiary alicyclic amines) is 1. The second kappa shape index (κ2) is 15.1. The predicted molar refractivity (Wildman–Crippen MR) is 168 cm³/mol. The summed E-state index contributed by atoms with van der Waals surface area (Å²) in [6.07, 6.45) is 8.69. The van der Waals surface area contributed by atoms with Gasteiger partial charge in [-0.15, -0.1) is 4.91 Å². The molecule has 0 radical (unpaired) electrons. The Morgan fingerprint density at radius 2 is 1.75 bits per heavy atom. The van der Waals surface area contributed by atoms with Gasteiger partial charge in [-0.2, -0.15) is 5.10 Å². The number of nitrogens with one attached hydrogen (secondary N) is 1. The lowest BCUT2D eigenvalue weighted by atomic mass is 9.88. The number of rotatable bonds is 8. The number of ether oxygens (including phenoxy) is 1. The van der Waals surface area contributed by atoms with Gasteiger partial charge in [0.1, 0.15) is 0 Å². The van der Waals surface area contributed by atoms with Gasteiger partial charge in [0.2, 0.25) is 5.95 Å². The van der Waals surface area contributed by atoms with Gasteiger partial charge in [0.05, 0.1) is 31.1 Å². The third-order valence-corrected chi connectivity index (χ3v) is 8.20. The van der Waals surface area contributed by atoms with Crippen LogP contribution in [0, 0.1) is 10.8 Å². The lowest BCUT2D eigenvalue weighted by Gasteiger charge is -2.36. The van der Waals surface area contributed by atoms with E-state index in [1.807, 2.05) is 47.5 Å². The summed E-state index contributed by atoms with van der Waals surface area (Å²) in [6.45, 7) is 7.13. The zero-order valence-corrected chi connectivity index (χ0v) is 24.8. The Kier molecular flexibility index (Phi) is 10.5. The van der Waals surface area contributed by atoms with Crippen LogP contribution in [-0.4, -0.2) is 75.2 Å². The van der Waals surface area contributed by atoms with E-state index in [2.05, 4.69) is 57.3 Å². The molecule has 4 heterocycles. The van der Waals surface area contributed by atoms with Gasteiger partial charge in [-0.05, 0) is 67.6 Å². The van der Waals surface area contributed by atoms with Crippen LogP contribution < -0.4 is 10.2 Å². The van der Waals surface area contributed by atoms with Crippen molar-refractivity contribution < 1.29 is 14.7 Å². The fraction of sp³-hybridized carbons (Fsp3) is 0.375. The van der Waals surface area contributed by atoms with Crippen molar-refractivity contribution in [1.82, 2.24) is 24.6 Å². The average molecular weight is 599 g/mol. The molecule has 2 saturated heterocycles. The second-order valence-corrected chi connectivity index (χ2v) is 10.8. The molecule has 44 heavy (non-hydrogen) atoms. The zero-order valence-electron chi connectivity index (χ0n) is 24.8. The first-order valence-corrected chi connectivity index (χ1v) is 15.0. The van der Waals surface area contributed by atoms with Crippen LogP contribution in [0.15, 0.2) is 84.6 Å². The fourth-order valence-corrected chi connectivity index (χ4v) is 5.92. The van der Waals surface area contributed by atoms with Crippen molar-refractivity contribution in [1.29, 1.82) is 0 Å². The summed E-state index contributed by atoms with van der Waals surface area (Å²) in [5.41, 5.74) is 4.70. The van der Waals surface area contributed by atoms with Gasteiger partial charge in [0, 0.05) is 61.1 Å². The topological polar surface area (TPSA) is 138 Å². The standard InChI is InChI=1S/C32H37N7O2.HNO2/c1-2-30(24-13-16-38(17-14-24)31(40)25-6-4-3-5-7-25)39-23-26(22-34-39)29-12-15-33-32(36-29)35-27-8-10-28(11-9-27)37-18-20-41-21-19-37;2-1-3/h3-12,15,22-24,30H,2,13-14,16-21H2,1H3,(H,33,35,36);(H,2,3). The molecule has 2 aromatic heterocycles. The highest BCUT2D eigenvalue weighted by Gasteiger charge is 2.29. The Hall–Kier alpha value is -4.84. The molecular weight excluding hydrogens is 560 g/mol. The third kappa shape index (κ3) is 7.56. The second-order valence-electron chi connectivity index (χ2n) is 10.8. The van der Waals surface area contributed by atoms with Gasteiger partial charge in [-0.3, -0.25) is 9.48 Å². The monoisotopic (exact) mass is 598 g/mol. The van der Waals surface area contributed by atoms with E-state index in [9.17, 15) is 4.79 Å².